The quantitative estimate of drug-likeness (QED) is 0.230. The van der Waals surface area contributed by atoms with Gasteiger partial charge in [0, 0.05) is 40.2 Å². The Morgan fingerprint density at radius 1 is 0.763 bits per heavy atom. The number of fused-ring (bicyclic) bond motifs is 2. The normalized spacial score (nSPS) is 11.0. The van der Waals surface area contributed by atoms with Crippen LogP contribution < -0.4 is 19.5 Å². The van der Waals surface area contributed by atoms with Crippen molar-refractivity contribution in [2.75, 3.05) is 19.5 Å². The van der Waals surface area contributed by atoms with Crippen molar-refractivity contribution < 1.29 is 18.6 Å². The molecule has 38 heavy (non-hydrogen) atoms. The van der Waals surface area contributed by atoms with Gasteiger partial charge in [-0.25, -0.2) is 4.39 Å². The predicted octanol–water partition coefficient (Wildman–Crippen LogP) is 7.60. The Bertz CT molecular complexity index is 1780. The van der Waals surface area contributed by atoms with E-state index in [0.717, 1.165) is 21.3 Å². The Morgan fingerprint density at radius 2 is 1.58 bits per heavy atom. The van der Waals surface area contributed by atoms with Crippen molar-refractivity contribution in [3.63, 3.8) is 0 Å². The molecule has 0 aliphatic heterocycles. The van der Waals surface area contributed by atoms with Crippen LogP contribution in [0.25, 0.3) is 32.2 Å². The first-order valence-corrected chi connectivity index (χ1v) is 12.6. The zero-order chi connectivity index (χ0) is 26.1. The number of nitrogens with zero attached hydrogens (tertiary/aromatic N) is 3. The van der Waals surface area contributed by atoms with Crippen LogP contribution >= 0.6 is 11.3 Å². The van der Waals surface area contributed by atoms with E-state index in [0.29, 0.717) is 39.7 Å². The van der Waals surface area contributed by atoms with Crippen LogP contribution in [0.4, 0.5) is 15.9 Å². The lowest BCUT2D eigenvalue weighted by Crippen LogP contribution is -2.00. The van der Waals surface area contributed by atoms with Gasteiger partial charge in [0.25, 0.3) is 0 Å². The zero-order valence-electron chi connectivity index (χ0n) is 20.4. The van der Waals surface area contributed by atoms with Crippen molar-refractivity contribution in [1.29, 1.82) is 0 Å². The van der Waals surface area contributed by atoms with Gasteiger partial charge in [0.2, 0.25) is 0 Å². The maximum atomic E-state index is 15.2. The Balaban J connectivity index is 1.30. The maximum absolute atomic E-state index is 15.2. The molecule has 0 aliphatic carbocycles. The Labute approximate surface area is 221 Å². The smallest absolute Gasteiger partial charge is 0.167 e. The van der Waals surface area contributed by atoms with E-state index in [1.165, 1.54) is 6.07 Å². The van der Waals surface area contributed by atoms with Crippen molar-refractivity contribution in [3.05, 3.63) is 90.2 Å². The van der Waals surface area contributed by atoms with Crippen molar-refractivity contribution in [3.8, 4) is 33.6 Å². The number of pyridine rings is 1. The summed E-state index contributed by atoms with van der Waals surface area (Å²) in [6.07, 6.45) is 1.60. The van der Waals surface area contributed by atoms with Gasteiger partial charge in [-0.1, -0.05) is 30.3 Å². The SMILES string of the molecule is COc1cc2nccc(Oc3ccc(Nc4nnc(-c5cccs5)c5ccccc45)cc3F)c2cc1OC. The number of rotatable bonds is 7. The molecule has 0 atom stereocenters. The number of nitrogens with one attached hydrogen (secondary N) is 1. The van der Waals surface area contributed by atoms with Gasteiger partial charge in [0.05, 0.1) is 24.6 Å². The van der Waals surface area contributed by atoms with Gasteiger partial charge in [0.1, 0.15) is 11.4 Å². The largest absolute Gasteiger partial charge is 0.493 e. The second-order valence-corrected chi connectivity index (χ2v) is 9.27. The molecule has 3 heterocycles. The summed E-state index contributed by atoms with van der Waals surface area (Å²) in [5.41, 5.74) is 1.97. The highest BCUT2D eigenvalue weighted by Gasteiger charge is 2.15. The number of methoxy groups -OCH3 is 2. The first-order chi connectivity index (χ1) is 18.6. The van der Waals surface area contributed by atoms with Crippen LogP contribution in [0.2, 0.25) is 0 Å². The third-order valence-corrected chi connectivity index (χ3v) is 6.94. The van der Waals surface area contributed by atoms with E-state index in [1.54, 1.807) is 62.1 Å². The molecule has 0 aliphatic rings. The van der Waals surface area contributed by atoms with Gasteiger partial charge in [-0.2, -0.15) is 0 Å². The first kappa shape index (κ1) is 23.6. The lowest BCUT2D eigenvalue weighted by Gasteiger charge is -2.14. The lowest BCUT2D eigenvalue weighted by molar-refractivity contribution is 0.355. The standard InChI is InChI=1S/C29H21FN4O3S/c1-35-25-15-20-22(16-26(25)36-2)31-12-11-23(20)37-24-10-9-17(14-21(24)30)32-29-19-7-4-3-6-18(19)28(33-34-29)27-8-5-13-38-27/h3-16H,1-2H3,(H,32,34). The molecule has 188 valence electrons. The number of anilines is 2. The monoisotopic (exact) mass is 524 g/mol. The molecule has 6 rings (SSSR count). The second-order valence-electron chi connectivity index (χ2n) is 8.33. The fourth-order valence-corrected chi connectivity index (χ4v) is 4.97. The molecular formula is C29H21FN4O3S. The van der Waals surface area contributed by atoms with E-state index in [2.05, 4.69) is 20.5 Å². The Kier molecular flexibility index (Phi) is 6.19. The summed E-state index contributed by atoms with van der Waals surface area (Å²) in [6, 6.07) is 21.7. The van der Waals surface area contributed by atoms with Crippen LogP contribution in [-0.2, 0) is 0 Å². The summed E-state index contributed by atoms with van der Waals surface area (Å²) in [6.45, 7) is 0. The molecule has 0 saturated heterocycles. The van der Waals surface area contributed by atoms with Crippen molar-refractivity contribution >= 4 is 44.5 Å². The van der Waals surface area contributed by atoms with E-state index in [1.807, 2.05) is 41.8 Å². The summed E-state index contributed by atoms with van der Waals surface area (Å²) in [7, 11) is 3.11. The zero-order valence-corrected chi connectivity index (χ0v) is 21.3. The van der Waals surface area contributed by atoms with Crippen molar-refractivity contribution in [2.24, 2.45) is 0 Å². The van der Waals surface area contributed by atoms with Gasteiger partial charge >= 0.3 is 0 Å². The minimum absolute atomic E-state index is 0.0711. The van der Waals surface area contributed by atoms with Gasteiger partial charge < -0.3 is 19.5 Å². The fourth-order valence-electron chi connectivity index (χ4n) is 4.24. The van der Waals surface area contributed by atoms with Gasteiger partial charge in [-0.05, 0) is 35.7 Å². The highest BCUT2D eigenvalue weighted by molar-refractivity contribution is 7.13. The van der Waals surface area contributed by atoms with Crippen LogP contribution in [0, 0.1) is 5.82 Å². The average molecular weight is 525 g/mol. The highest BCUT2D eigenvalue weighted by atomic mass is 32.1. The third-order valence-electron chi connectivity index (χ3n) is 6.06. The summed E-state index contributed by atoms with van der Waals surface area (Å²) < 4.78 is 31.9. The number of aromatic nitrogens is 3. The van der Waals surface area contributed by atoms with Gasteiger partial charge in [0.15, 0.2) is 28.9 Å². The molecular weight excluding hydrogens is 503 g/mol. The lowest BCUT2D eigenvalue weighted by atomic mass is 10.1. The summed E-state index contributed by atoms with van der Waals surface area (Å²) in [5.74, 6) is 1.59. The molecule has 0 radical (unpaired) electrons. The minimum atomic E-state index is -0.534. The molecule has 0 unspecified atom stereocenters. The molecule has 0 bridgehead atoms. The number of halogens is 1. The molecule has 0 amide bonds. The molecule has 1 N–H and O–H groups in total. The van der Waals surface area contributed by atoms with Crippen LogP contribution in [0.5, 0.6) is 23.0 Å². The molecule has 6 aromatic rings. The summed E-state index contributed by atoms with van der Waals surface area (Å²) in [4.78, 5) is 5.40. The van der Waals surface area contributed by atoms with Crippen molar-refractivity contribution in [2.45, 2.75) is 0 Å². The number of hydrogen-bond donors (Lipinski definition) is 1. The number of thiophene rings is 1. The van der Waals surface area contributed by atoms with Gasteiger partial charge in [-0.3, -0.25) is 4.98 Å². The van der Waals surface area contributed by atoms with E-state index in [9.17, 15) is 0 Å². The molecule has 0 fully saturated rings. The molecule has 0 spiro atoms. The van der Waals surface area contributed by atoms with E-state index in [4.69, 9.17) is 14.2 Å². The van der Waals surface area contributed by atoms with Crippen molar-refractivity contribution in [1.82, 2.24) is 15.2 Å². The fraction of sp³-hybridized carbons (Fsp3) is 0.0690. The Morgan fingerprint density at radius 3 is 2.34 bits per heavy atom. The molecule has 0 saturated carbocycles. The van der Waals surface area contributed by atoms with E-state index >= 15 is 4.39 Å². The summed E-state index contributed by atoms with van der Waals surface area (Å²) in [5, 5.41) is 16.6. The molecule has 3 aromatic carbocycles. The molecule has 3 aromatic heterocycles. The van der Waals surface area contributed by atoms with Crippen LogP contribution in [0.3, 0.4) is 0 Å². The summed E-state index contributed by atoms with van der Waals surface area (Å²) >= 11 is 1.61. The Hall–Kier alpha value is -4.76. The van der Waals surface area contributed by atoms with E-state index in [-0.39, 0.29) is 5.75 Å². The molecule has 7 nitrogen and oxygen atoms in total. The van der Waals surface area contributed by atoms with Crippen LogP contribution in [0.15, 0.2) is 84.4 Å². The van der Waals surface area contributed by atoms with Crippen LogP contribution in [0.1, 0.15) is 0 Å². The van der Waals surface area contributed by atoms with E-state index < -0.39 is 5.82 Å². The topological polar surface area (TPSA) is 78.4 Å². The highest BCUT2D eigenvalue weighted by Crippen LogP contribution is 2.38. The predicted molar refractivity (Wildman–Crippen MR) is 147 cm³/mol. The second kappa shape index (κ2) is 9.95. The first-order valence-electron chi connectivity index (χ1n) is 11.7. The minimum Gasteiger partial charge on any atom is -0.493 e. The number of hydrogen-bond acceptors (Lipinski definition) is 8. The van der Waals surface area contributed by atoms with Crippen LogP contribution in [-0.4, -0.2) is 29.4 Å². The molecule has 9 heteroatoms. The number of benzene rings is 3. The number of ether oxygens (including phenoxy) is 3. The maximum Gasteiger partial charge on any atom is 0.167 e. The average Bonchev–Trinajstić information content (AvgIpc) is 3.49. The third kappa shape index (κ3) is 4.33. The van der Waals surface area contributed by atoms with Gasteiger partial charge in [-0.15, -0.1) is 21.5 Å².